The highest BCUT2D eigenvalue weighted by Crippen LogP contribution is 2.28. The Morgan fingerprint density at radius 2 is 1.95 bits per heavy atom. The van der Waals surface area contributed by atoms with Gasteiger partial charge in [0.05, 0.1) is 11.1 Å². The molecule has 0 aliphatic carbocycles. The van der Waals surface area contributed by atoms with Gasteiger partial charge in [-0.15, -0.1) is 0 Å². The number of fused-ring (bicyclic) bond motifs is 1. The predicted molar refractivity (Wildman–Crippen MR) is 82.1 cm³/mol. The van der Waals surface area contributed by atoms with Gasteiger partial charge in [-0.05, 0) is 36.8 Å². The topological polar surface area (TPSA) is 71.9 Å². The number of hydrogen-bond donors (Lipinski definition) is 1. The van der Waals surface area contributed by atoms with Crippen molar-refractivity contribution in [3.05, 3.63) is 59.7 Å². The number of nitrogen functional groups attached to an aromatic ring is 1. The van der Waals surface area contributed by atoms with Crippen molar-refractivity contribution in [2.24, 2.45) is 0 Å². The molecule has 2 aromatic carbocycles. The quantitative estimate of drug-likeness (QED) is 0.722. The summed E-state index contributed by atoms with van der Waals surface area (Å²) in [7, 11) is 0. The molecule has 0 amide bonds. The molecule has 2 N–H and O–H groups in total. The fourth-order valence-electron chi connectivity index (χ4n) is 2.20. The first-order chi connectivity index (χ1) is 10.2. The van der Waals surface area contributed by atoms with Crippen LogP contribution in [0.3, 0.4) is 0 Å². The van der Waals surface area contributed by atoms with Gasteiger partial charge in [0.15, 0.2) is 0 Å². The zero-order valence-electron chi connectivity index (χ0n) is 11.5. The molecule has 0 saturated heterocycles. The second kappa shape index (κ2) is 5.14. The van der Waals surface area contributed by atoms with E-state index in [1.807, 2.05) is 37.3 Å². The van der Waals surface area contributed by atoms with E-state index in [4.69, 9.17) is 10.5 Å². The highest BCUT2D eigenvalue weighted by atomic mass is 16.5. The van der Waals surface area contributed by atoms with E-state index in [0.29, 0.717) is 22.9 Å². The van der Waals surface area contributed by atoms with Crippen LogP contribution < -0.4 is 10.5 Å². The second-order valence-corrected chi connectivity index (χ2v) is 4.76. The van der Waals surface area contributed by atoms with Crippen molar-refractivity contribution in [2.45, 2.75) is 6.92 Å². The Morgan fingerprint density at radius 3 is 2.71 bits per heavy atom. The molecule has 0 aliphatic rings. The lowest BCUT2D eigenvalue weighted by atomic mass is 10.1. The molecular formula is C17H13N3O. The molecule has 3 rings (SSSR count). The first-order valence-electron chi connectivity index (χ1n) is 6.51. The van der Waals surface area contributed by atoms with Crippen LogP contribution in [0.5, 0.6) is 11.6 Å². The van der Waals surface area contributed by atoms with E-state index in [1.165, 1.54) is 0 Å². The molecule has 0 spiro atoms. The Bertz CT molecular complexity index is 866. The molecule has 0 unspecified atom stereocenters. The first-order valence-corrected chi connectivity index (χ1v) is 6.51. The van der Waals surface area contributed by atoms with Gasteiger partial charge >= 0.3 is 0 Å². The van der Waals surface area contributed by atoms with Crippen molar-refractivity contribution in [3.63, 3.8) is 0 Å². The number of aryl methyl sites for hydroxylation is 1. The number of pyridine rings is 1. The van der Waals surface area contributed by atoms with E-state index < -0.39 is 0 Å². The lowest BCUT2D eigenvalue weighted by molar-refractivity contribution is 0.461. The van der Waals surface area contributed by atoms with E-state index in [9.17, 15) is 5.26 Å². The minimum absolute atomic E-state index is 0.401. The minimum atomic E-state index is 0.401. The highest BCUT2D eigenvalue weighted by molar-refractivity contribution is 5.85. The van der Waals surface area contributed by atoms with E-state index in [1.54, 1.807) is 18.2 Å². The SMILES string of the molecule is Cc1cc(N)ccc1Oc1cc(C#N)c2ccccc2n1. The number of para-hydroxylation sites is 1. The number of benzene rings is 2. The van der Waals surface area contributed by atoms with E-state index >= 15 is 0 Å². The van der Waals surface area contributed by atoms with Crippen LogP contribution in [0.2, 0.25) is 0 Å². The zero-order chi connectivity index (χ0) is 14.8. The van der Waals surface area contributed by atoms with Gasteiger partial charge in [-0.2, -0.15) is 5.26 Å². The Kier molecular flexibility index (Phi) is 3.17. The number of ether oxygens (including phenoxy) is 1. The van der Waals surface area contributed by atoms with Crippen LogP contribution in [0.15, 0.2) is 48.5 Å². The summed E-state index contributed by atoms with van der Waals surface area (Å²) in [4.78, 5) is 4.44. The third kappa shape index (κ3) is 2.49. The number of nitriles is 1. The van der Waals surface area contributed by atoms with Gasteiger partial charge in [-0.25, -0.2) is 4.98 Å². The van der Waals surface area contributed by atoms with Crippen molar-refractivity contribution < 1.29 is 4.74 Å². The maximum Gasteiger partial charge on any atom is 0.221 e. The van der Waals surface area contributed by atoms with Gasteiger partial charge in [0.1, 0.15) is 11.8 Å². The number of rotatable bonds is 2. The van der Waals surface area contributed by atoms with Crippen LogP contribution >= 0.6 is 0 Å². The minimum Gasteiger partial charge on any atom is -0.439 e. The lowest BCUT2D eigenvalue weighted by Crippen LogP contribution is -1.94. The molecule has 102 valence electrons. The van der Waals surface area contributed by atoms with Gasteiger partial charge in [-0.1, -0.05) is 18.2 Å². The molecule has 4 nitrogen and oxygen atoms in total. The van der Waals surface area contributed by atoms with Crippen LogP contribution in [0.1, 0.15) is 11.1 Å². The predicted octanol–water partition coefficient (Wildman–Crippen LogP) is 3.79. The number of aromatic nitrogens is 1. The monoisotopic (exact) mass is 275 g/mol. The number of hydrogen-bond acceptors (Lipinski definition) is 4. The summed E-state index contributed by atoms with van der Waals surface area (Å²) in [5.41, 5.74) is 8.61. The zero-order valence-corrected chi connectivity index (χ0v) is 11.5. The second-order valence-electron chi connectivity index (χ2n) is 4.76. The van der Waals surface area contributed by atoms with Crippen molar-refractivity contribution in [1.82, 2.24) is 4.98 Å². The Labute approximate surface area is 122 Å². The van der Waals surface area contributed by atoms with Crippen LogP contribution in [-0.4, -0.2) is 4.98 Å². The summed E-state index contributed by atoms with van der Waals surface area (Å²) >= 11 is 0. The Balaban J connectivity index is 2.07. The summed E-state index contributed by atoms with van der Waals surface area (Å²) in [5.74, 6) is 1.08. The average Bonchev–Trinajstić information content (AvgIpc) is 2.49. The van der Waals surface area contributed by atoms with Crippen molar-refractivity contribution >= 4 is 16.6 Å². The van der Waals surface area contributed by atoms with Crippen LogP contribution in [0.4, 0.5) is 5.69 Å². The summed E-state index contributed by atoms with van der Waals surface area (Å²) in [5, 5.41) is 10.1. The van der Waals surface area contributed by atoms with E-state index in [0.717, 1.165) is 16.5 Å². The molecule has 0 aliphatic heterocycles. The van der Waals surface area contributed by atoms with Gasteiger partial charge in [0, 0.05) is 17.1 Å². The number of nitrogens with zero attached hydrogens (tertiary/aromatic N) is 2. The third-order valence-corrected chi connectivity index (χ3v) is 3.23. The first kappa shape index (κ1) is 12.9. The standard InChI is InChI=1S/C17H13N3O/c1-11-8-13(19)6-7-16(11)21-17-9-12(10-18)14-4-2-3-5-15(14)20-17/h2-9H,19H2,1H3. The molecule has 1 heterocycles. The molecule has 21 heavy (non-hydrogen) atoms. The third-order valence-electron chi connectivity index (χ3n) is 3.23. The van der Waals surface area contributed by atoms with Gasteiger partial charge in [-0.3, -0.25) is 0 Å². The summed E-state index contributed by atoms with van der Waals surface area (Å²) in [6.45, 7) is 1.91. The van der Waals surface area contributed by atoms with Crippen LogP contribution in [-0.2, 0) is 0 Å². The van der Waals surface area contributed by atoms with Gasteiger partial charge < -0.3 is 10.5 Å². The lowest BCUT2D eigenvalue weighted by Gasteiger charge is -2.10. The van der Waals surface area contributed by atoms with Gasteiger partial charge in [0.25, 0.3) is 0 Å². The fourth-order valence-corrected chi connectivity index (χ4v) is 2.20. The Morgan fingerprint density at radius 1 is 1.14 bits per heavy atom. The smallest absolute Gasteiger partial charge is 0.221 e. The number of anilines is 1. The largest absolute Gasteiger partial charge is 0.439 e. The van der Waals surface area contributed by atoms with Crippen molar-refractivity contribution in [3.8, 4) is 17.7 Å². The van der Waals surface area contributed by atoms with E-state index in [-0.39, 0.29) is 0 Å². The summed E-state index contributed by atoms with van der Waals surface area (Å²) < 4.78 is 5.80. The van der Waals surface area contributed by atoms with Crippen LogP contribution in [0.25, 0.3) is 10.9 Å². The highest BCUT2D eigenvalue weighted by Gasteiger charge is 2.08. The van der Waals surface area contributed by atoms with Crippen LogP contribution in [0, 0.1) is 18.3 Å². The molecular weight excluding hydrogens is 262 g/mol. The fraction of sp³-hybridized carbons (Fsp3) is 0.0588. The molecule has 0 radical (unpaired) electrons. The molecule has 0 atom stereocenters. The molecule has 0 bridgehead atoms. The molecule has 1 aromatic heterocycles. The van der Waals surface area contributed by atoms with Crippen molar-refractivity contribution in [1.29, 1.82) is 5.26 Å². The molecule has 3 aromatic rings. The normalized spacial score (nSPS) is 10.3. The maximum absolute atomic E-state index is 9.27. The molecule has 0 saturated carbocycles. The Hall–Kier alpha value is -3.06. The number of nitrogens with two attached hydrogens (primary N) is 1. The summed E-state index contributed by atoms with van der Waals surface area (Å²) in [6, 6.07) is 16.7. The van der Waals surface area contributed by atoms with Crippen molar-refractivity contribution in [2.75, 3.05) is 5.73 Å². The molecule has 0 fully saturated rings. The average molecular weight is 275 g/mol. The van der Waals surface area contributed by atoms with Gasteiger partial charge in [0.2, 0.25) is 5.88 Å². The summed E-state index contributed by atoms with van der Waals surface area (Å²) in [6.07, 6.45) is 0. The maximum atomic E-state index is 9.27. The molecule has 4 heteroatoms. The van der Waals surface area contributed by atoms with E-state index in [2.05, 4.69) is 11.1 Å².